The third kappa shape index (κ3) is 16.8. The Labute approximate surface area is 84.7 Å². The first kappa shape index (κ1) is 15.7. The first-order valence-electron chi connectivity index (χ1n) is 1.35. The molecule has 0 aliphatic heterocycles. The summed E-state index contributed by atoms with van der Waals surface area (Å²) in [6, 6.07) is 0. The predicted octanol–water partition coefficient (Wildman–Crippen LogP) is -0.533. The first-order chi connectivity index (χ1) is 1.91. The van der Waals surface area contributed by atoms with E-state index in [1.807, 2.05) is 6.92 Å². The van der Waals surface area contributed by atoms with Crippen molar-refractivity contribution in [2.45, 2.75) is 6.92 Å². The van der Waals surface area contributed by atoms with E-state index in [1.54, 1.807) is 0 Å². The molecule has 2 nitrogen and oxygen atoms in total. The zero-order valence-corrected chi connectivity index (χ0v) is 8.52. The van der Waals surface area contributed by atoms with E-state index in [9.17, 15) is 0 Å². The van der Waals surface area contributed by atoms with Crippen LogP contribution < -0.4 is 11.3 Å². The second kappa shape index (κ2) is 15.8. The Hall–Kier alpha value is 1.92. The molecule has 0 saturated carbocycles. The van der Waals surface area contributed by atoms with Crippen LogP contribution in [0.25, 0.3) is 0 Å². The molecule has 0 heterocycles. The van der Waals surface area contributed by atoms with Crippen LogP contribution in [0.3, 0.4) is 0 Å². The van der Waals surface area contributed by atoms with Crippen molar-refractivity contribution in [3.05, 3.63) is 0 Å². The third-order valence-corrected chi connectivity index (χ3v) is 0.204. The maximum atomic E-state index is 4.78. The van der Waals surface area contributed by atoms with E-state index in [-0.39, 0.29) is 61.2 Å². The van der Waals surface area contributed by atoms with Crippen molar-refractivity contribution in [1.29, 1.82) is 0 Å². The van der Waals surface area contributed by atoms with Crippen molar-refractivity contribution >= 4 is 0 Å². The van der Waals surface area contributed by atoms with Gasteiger partial charge in [-0.05, 0) is 0 Å². The summed E-state index contributed by atoms with van der Waals surface area (Å²) in [6.07, 6.45) is 0. The Kier molecular flexibility index (Phi) is 41.2. The van der Waals surface area contributed by atoms with Crippen LogP contribution in [-0.2, 0) is 19.5 Å². The van der Waals surface area contributed by atoms with Gasteiger partial charge in [0.25, 0.3) is 0 Å². The predicted molar refractivity (Wildman–Crippen MR) is 17.9 cm³/mol. The number of hydrazine groups is 1. The zero-order chi connectivity index (χ0) is 3.41. The summed E-state index contributed by atoms with van der Waals surface area (Å²) >= 11 is 0. The van der Waals surface area contributed by atoms with Gasteiger partial charge in [-0.25, -0.2) is 0 Å². The van der Waals surface area contributed by atoms with E-state index >= 15 is 0 Å². The van der Waals surface area contributed by atoms with Gasteiger partial charge < -0.3 is 0 Å². The second-order valence-electron chi connectivity index (χ2n) is 0.558. The maximum Gasteiger partial charge on any atom is 0.00689 e. The summed E-state index contributed by atoms with van der Waals surface area (Å²) in [5.41, 5.74) is 2.43. The van der Waals surface area contributed by atoms with E-state index in [0.717, 1.165) is 6.54 Å². The standard InChI is InChI=1S/C2H8N2.Ce.Ru/c1-2-4-3;;/h4H,2-3H2,1H3;;. The second-order valence-corrected chi connectivity index (χ2v) is 0.558. The minimum atomic E-state index is 0. The average molecular weight is 301 g/mol. The summed E-state index contributed by atoms with van der Waals surface area (Å²) in [4.78, 5) is 0. The van der Waals surface area contributed by atoms with Crippen LogP contribution in [0, 0.1) is 41.7 Å². The Morgan fingerprint density at radius 3 is 1.83 bits per heavy atom. The van der Waals surface area contributed by atoms with Crippen LogP contribution in [-0.4, -0.2) is 6.54 Å². The van der Waals surface area contributed by atoms with Gasteiger partial charge in [0.05, 0.1) is 0 Å². The van der Waals surface area contributed by atoms with Gasteiger partial charge in [-0.15, -0.1) is 0 Å². The monoisotopic (exact) mass is 302 g/mol. The topological polar surface area (TPSA) is 38.0 Å². The van der Waals surface area contributed by atoms with Crippen LogP contribution in [0.1, 0.15) is 6.92 Å². The molecule has 0 aromatic carbocycles. The quantitative estimate of drug-likeness (QED) is 0.388. The smallest absolute Gasteiger partial charge is 0.00689 e. The number of hydrogen-bond acceptors (Lipinski definition) is 2. The van der Waals surface area contributed by atoms with E-state index in [2.05, 4.69) is 5.43 Å². The van der Waals surface area contributed by atoms with Crippen LogP contribution >= 0.6 is 0 Å². The minimum absolute atomic E-state index is 0. The summed E-state index contributed by atoms with van der Waals surface area (Å²) < 4.78 is 0. The molecule has 38 valence electrons. The molecule has 0 saturated heterocycles. The van der Waals surface area contributed by atoms with Crippen LogP contribution in [0.15, 0.2) is 0 Å². The van der Waals surface area contributed by atoms with Gasteiger partial charge in [0, 0.05) is 67.8 Å². The molecule has 0 bridgehead atoms. The van der Waals surface area contributed by atoms with Crippen LogP contribution in [0.2, 0.25) is 0 Å². The fourth-order valence-electron chi connectivity index (χ4n) is 0. The van der Waals surface area contributed by atoms with Gasteiger partial charge in [0.15, 0.2) is 0 Å². The third-order valence-electron chi connectivity index (χ3n) is 0.204. The van der Waals surface area contributed by atoms with E-state index in [4.69, 9.17) is 5.84 Å². The van der Waals surface area contributed by atoms with Gasteiger partial charge >= 0.3 is 0 Å². The van der Waals surface area contributed by atoms with Gasteiger partial charge in [-0.1, -0.05) is 6.92 Å². The molecule has 4 heteroatoms. The van der Waals surface area contributed by atoms with Gasteiger partial charge in [0.1, 0.15) is 0 Å². The number of rotatable bonds is 1. The number of nitrogens with one attached hydrogen (secondary N) is 1. The molecule has 0 rings (SSSR count). The molecule has 0 unspecified atom stereocenters. The first-order valence-corrected chi connectivity index (χ1v) is 1.35. The molecule has 0 radical (unpaired) electrons. The van der Waals surface area contributed by atoms with Gasteiger partial charge in [-0.2, -0.15) is 0 Å². The Balaban J connectivity index is -0.0000000450. The van der Waals surface area contributed by atoms with Crippen molar-refractivity contribution < 1.29 is 61.2 Å². The van der Waals surface area contributed by atoms with Gasteiger partial charge in [0.2, 0.25) is 0 Å². The summed E-state index contributed by atoms with van der Waals surface area (Å²) in [7, 11) is 0. The van der Waals surface area contributed by atoms with Crippen molar-refractivity contribution in [3.63, 3.8) is 0 Å². The van der Waals surface area contributed by atoms with E-state index < -0.39 is 0 Å². The van der Waals surface area contributed by atoms with Gasteiger partial charge in [-0.3, -0.25) is 11.3 Å². The van der Waals surface area contributed by atoms with Crippen LogP contribution in [0.4, 0.5) is 0 Å². The number of hydrogen-bond donors (Lipinski definition) is 2. The molecule has 0 atom stereocenters. The Morgan fingerprint density at radius 2 is 1.83 bits per heavy atom. The average Bonchev–Trinajstić information content (AvgIpc) is 1.37. The normalized spacial score (nSPS) is 5.00. The van der Waals surface area contributed by atoms with E-state index in [1.165, 1.54) is 0 Å². The van der Waals surface area contributed by atoms with Crippen LogP contribution in [0.5, 0.6) is 0 Å². The molecule has 0 aromatic rings. The van der Waals surface area contributed by atoms with Crippen molar-refractivity contribution in [2.75, 3.05) is 6.54 Å². The van der Waals surface area contributed by atoms with E-state index in [0.29, 0.717) is 0 Å². The number of nitrogens with two attached hydrogens (primary N) is 1. The molecule has 0 amide bonds. The SMILES string of the molecule is CCNN.[Ce].[Ru]. The maximum absolute atomic E-state index is 4.78. The molecule has 6 heavy (non-hydrogen) atoms. The summed E-state index contributed by atoms with van der Waals surface area (Å²) in [5, 5.41) is 0. The molecule has 0 aliphatic carbocycles. The van der Waals surface area contributed by atoms with Crippen molar-refractivity contribution in [2.24, 2.45) is 5.84 Å². The fraction of sp³-hybridized carbons (Fsp3) is 1.00. The molecule has 0 fully saturated rings. The Bertz CT molecular complexity index is 13.5. The molecule has 0 spiro atoms. The summed E-state index contributed by atoms with van der Waals surface area (Å²) in [6.45, 7) is 2.79. The molecular formula is C2H8CeN2Ru. The molecule has 0 aromatic heterocycles. The van der Waals surface area contributed by atoms with Crippen molar-refractivity contribution in [3.8, 4) is 0 Å². The Morgan fingerprint density at radius 1 is 1.67 bits per heavy atom. The zero-order valence-electron chi connectivity index (χ0n) is 3.64. The molecule has 3 N–H and O–H groups in total. The molecule has 0 aliphatic rings. The van der Waals surface area contributed by atoms with Crippen molar-refractivity contribution in [1.82, 2.24) is 5.43 Å². The minimum Gasteiger partial charge on any atom is -0.271 e. The fourth-order valence-corrected chi connectivity index (χ4v) is 0. The summed E-state index contributed by atoms with van der Waals surface area (Å²) in [5.74, 6) is 4.78. The largest absolute Gasteiger partial charge is 0.271 e. The molecular weight excluding hydrogens is 293 g/mol.